The van der Waals surface area contributed by atoms with Crippen LogP contribution in [0, 0.1) is 13.8 Å². The zero-order chi connectivity index (χ0) is 20.4. The van der Waals surface area contributed by atoms with Crippen LogP contribution in [0.1, 0.15) is 23.6 Å². The first-order chi connectivity index (χ1) is 12.5. The number of benzene rings is 2. The van der Waals surface area contributed by atoms with Crippen molar-refractivity contribution in [1.29, 1.82) is 0 Å². The maximum absolute atomic E-state index is 12.6. The Balaban J connectivity index is 2.23. The molecular weight excluding hydrogens is 407 g/mol. The first-order valence-corrected chi connectivity index (χ1v) is 10.9. The lowest BCUT2D eigenvalue weighted by atomic mass is 10.1. The Bertz CT molecular complexity index is 961. The van der Waals surface area contributed by atoms with Gasteiger partial charge in [0.1, 0.15) is 6.04 Å². The number of carbonyl (C=O) groups excluding carboxylic acids is 1. The molecule has 0 saturated heterocycles. The zero-order valence-corrected chi connectivity index (χ0v) is 17.9. The molecule has 0 aliphatic heterocycles. The monoisotopic (exact) mass is 428 g/mol. The zero-order valence-electron chi connectivity index (χ0n) is 15.6. The third-order valence-electron chi connectivity index (χ3n) is 4.30. The number of nitrogens with zero attached hydrogens (tertiary/aromatic N) is 1. The number of halogens is 2. The number of anilines is 1. The fraction of sp³-hybridized carbons (Fsp3) is 0.316. The molecule has 1 N–H and O–H groups in total. The quantitative estimate of drug-likeness (QED) is 0.753. The minimum Gasteiger partial charge on any atom is -0.350 e. The van der Waals surface area contributed by atoms with Gasteiger partial charge in [-0.25, -0.2) is 8.42 Å². The molecule has 146 valence electrons. The van der Waals surface area contributed by atoms with Crippen molar-refractivity contribution >= 4 is 44.8 Å². The Morgan fingerprint density at radius 2 is 1.78 bits per heavy atom. The van der Waals surface area contributed by atoms with Gasteiger partial charge in [-0.05, 0) is 61.7 Å². The second-order valence-corrected chi connectivity index (χ2v) is 9.16. The average Bonchev–Trinajstić information content (AvgIpc) is 2.56. The van der Waals surface area contributed by atoms with Crippen LogP contribution in [0.5, 0.6) is 0 Å². The topological polar surface area (TPSA) is 66.5 Å². The summed E-state index contributed by atoms with van der Waals surface area (Å²) >= 11 is 12.0. The van der Waals surface area contributed by atoms with Gasteiger partial charge in [0.05, 0.1) is 11.9 Å². The van der Waals surface area contributed by atoms with E-state index in [-0.39, 0.29) is 6.54 Å². The van der Waals surface area contributed by atoms with Gasteiger partial charge in [-0.2, -0.15) is 0 Å². The van der Waals surface area contributed by atoms with Crippen LogP contribution in [0.2, 0.25) is 10.0 Å². The van der Waals surface area contributed by atoms with Crippen molar-refractivity contribution in [3.63, 3.8) is 0 Å². The van der Waals surface area contributed by atoms with Crippen LogP contribution in [0.25, 0.3) is 0 Å². The lowest BCUT2D eigenvalue weighted by Crippen LogP contribution is -2.47. The van der Waals surface area contributed by atoms with E-state index in [1.54, 1.807) is 37.3 Å². The molecule has 0 heterocycles. The van der Waals surface area contributed by atoms with Gasteiger partial charge >= 0.3 is 0 Å². The summed E-state index contributed by atoms with van der Waals surface area (Å²) in [4.78, 5) is 12.6. The van der Waals surface area contributed by atoms with Gasteiger partial charge in [0, 0.05) is 16.6 Å². The van der Waals surface area contributed by atoms with E-state index >= 15 is 0 Å². The van der Waals surface area contributed by atoms with Crippen molar-refractivity contribution in [2.75, 3.05) is 10.6 Å². The van der Waals surface area contributed by atoms with Crippen LogP contribution in [-0.4, -0.2) is 26.6 Å². The summed E-state index contributed by atoms with van der Waals surface area (Å²) in [6, 6.07) is 9.35. The van der Waals surface area contributed by atoms with Gasteiger partial charge in [-0.3, -0.25) is 9.10 Å². The Kier molecular flexibility index (Phi) is 6.78. The molecule has 2 aromatic rings. The van der Waals surface area contributed by atoms with Gasteiger partial charge in [0.15, 0.2) is 0 Å². The fourth-order valence-corrected chi connectivity index (χ4v) is 4.31. The van der Waals surface area contributed by atoms with Crippen LogP contribution in [0.4, 0.5) is 5.69 Å². The number of rotatable bonds is 6. The fourth-order valence-electron chi connectivity index (χ4n) is 2.67. The third kappa shape index (κ3) is 5.37. The highest BCUT2D eigenvalue weighted by atomic mass is 35.5. The molecule has 1 amide bonds. The standard InChI is InChI=1S/C19H22Cl2N2O3S/c1-12-5-8-17(9-13(12)2)23(27(4,25)26)14(3)19(24)22-11-15-6-7-16(20)10-18(15)21/h5-10,14H,11H2,1-4H3,(H,22,24)/t14-/m1/s1. The van der Waals surface area contributed by atoms with E-state index in [4.69, 9.17) is 23.2 Å². The van der Waals surface area contributed by atoms with E-state index in [0.717, 1.165) is 21.7 Å². The number of hydrogen-bond acceptors (Lipinski definition) is 3. The molecule has 0 unspecified atom stereocenters. The van der Waals surface area contributed by atoms with Gasteiger partial charge in [0.25, 0.3) is 0 Å². The molecule has 5 nitrogen and oxygen atoms in total. The molecule has 0 spiro atoms. The van der Waals surface area contributed by atoms with Crippen molar-refractivity contribution in [3.05, 3.63) is 63.1 Å². The Morgan fingerprint density at radius 3 is 2.33 bits per heavy atom. The van der Waals surface area contributed by atoms with Crippen molar-refractivity contribution in [2.24, 2.45) is 0 Å². The molecule has 0 bridgehead atoms. The molecule has 0 aliphatic rings. The Hall–Kier alpha value is -1.76. The van der Waals surface area contributed by atoms with E-state index in [1.165, 1.54) is 0 Å². The lowest BCUT2D eigenvalue weighted by molar-refractivity contribution is -0.122. The summed E-state index contributed by atoms with van der Waals surface area (Å²) in [5, 5.41) is 3.67. The smallest absolute Gasteiger partial charge is 0.243 e. The first kappa shape index (κ1) is 21.5. The molecule has 1 atom stereocenters. The van der Waals surface area contributed by atoms with Gasteiger partial charge < -0.3 is 5.32 Å². The van der Waals surface area contributed by atoms with Gasteiger partial charge in [-0.15, -0.1) is 0 Å². The molecule has 0 aliphatic carbocycles. The minimum atomic E-state index is -3.66. The number of sulfonamides is 1. The largest absolute Gasteiger partial charge is 0.350 e. The summed E-state index contributed by atoms with van der Waals surface area (Å²) in [6.45, 7) is 5.56. The lowest BCUT2D eigenvalue weighted by Gasteiger charge is -2.28. The maximum atomic E-state index is 12.6. The van der Waals surface area contributed by atoms with Gasteiger partial charge in [0.2, 0.25) is 15.9 Å². The molecule has 0 aromatic heterocycles. The van der Waals surface area contributed by atoms with E-state index in [9.17, 15) is 13.2 Å². The maximum Gasteiger partial charge on any atom is 0.243 e. The highest BCUT2D eigenvalue weighted by molar-refractivity contribution is 7.92. The van der Waals surface area contributed by atoms with Crippen molar-refractivity contribution < 1.29 is 13.2 Å². The number of hydrogen-bond donors (Lipinski definition) is 1. The second kappa shape index (κ2) is 8.50. The molecular formula is C19H22Cl2N2O3S. The highest BCUT2D eigenvalue weighted by Crippen LogP contribution is 2.24. The van der Waals surface area contributed by atoms with E-state index in [2.05, 4.69) is 5.32 Å². The first-order valence-electron chi connectivity index (χ1n) is 8.29. The third-order valence-corrected chi connectivity index (χ3v) is 6.13. The molecule has 0 fully saturated rings. The predicted molar refractivity (Wildman–Crippen MR) is 111 cm³/mol. The Morgan fingerprint density at radius 1 is 1.11 bits per heavy atom. The van der Waals surface area contributed by atoms with E-state index < -0.39 is 22.0 Å². The molecule has 0 saturated carbocycles. The molecule has 2 rings (SSSR count). The van der Waals surface area contributed by atoms with Crippen LogP contribution >= 0.6 is 23.2 Å². The molecule has 0 radical (unpaired) electrons. The van der Waals surface area contributed by atoms with Crippen LogP contribution in [0.3, 0.4) is 0 Å². The summed E-state index contributed by atoms with van der Waals surface area (Å²) in [6.07, 6.45) is 1.09. The number of carbonyl (C=O) groups is 1. The molecule has 2 aromatic carbocycles. The number of nitrogens with one attached hydrogen (secondary N) is 1. The second-order valence-electron chi connectivity index (χ2n) is 6.46. The minimum absolute atomic E-state index is 0.170. The number of aryl methyl sites for hydroxylation is 2. The van der Waals surface area contributed by atoms with Crippen LogP contribution in [-0.2, 0) is 21.4 Å². The van der Waals surface area contributed by atoms with E-state index in [1.807, 2.05) is 19.9 Å². The van der Waals surface area contributed by atoms with Crippen molar-refractivity contribution in [2.45, 2.75) is 33.4 Å². The summed E-state index contributed by atoms with van der Waals surface area (Å²) < 4.78 is 25.8. The van der Waals surface area contributed by atoms with Crippen molar-refractivity contribution in [3.8, 4) is 0 Å². The van der Waals surface area contributed by atoms with E-state index in [0.29, 0.717) is 21.3 Å². The summed E-state index contributed by atoms with van der Waals surface area (Å²) in [7, 11) is -3.66. The predicted octanol–water partition coefficient (Wildman–Crippen LogP) is 4.08. The van der Waals surface area contributed by atoms with Crippen molar-refractivity contribution in [1.82, 2.24) is 5.32 Å². The normalized spacial score (nSPS) is 12.5. The number of amides is 1. The molecule has 8 heteroatoms. The average molecular weight is 429 g/mol. The molecule has 27 heavy (non-hydrogen) atoms. The van der Waals surface area contributed by atoms with Crippen LogP contribution in [0.15, 0.2) is 36.4 Å². The van der Waals surface area contributed by atoms with Crippen LogP contribution < -0.4 is 9.62 Å². The highest BCUT2D eigenvalue weighted by Gasteiger charge is 2.29. The Labute approximate surface area is 170 Å². The SMILES string of the molecule is Cc1ccc(N([C@H](C)C(=O)NCc2ccc(Cl)cc2Cl)S(C)(=O)=O)cc1C. The summed E-state index contributed by atoms with van der Waals surface area (Å²) in [5.74, 6) is -0.426. The summed E-state index contributed by atoms with van der Waals surface area (Å²) in [5.41, 5.74) is 3.13. The van der Waals surface area contributed by atoms with Gasteiger partial charge in [-0.1, -0.05) is 35.3 Å².